The van der Waals surface area contributed by atoms with Crippen molar-refractivity contribution in [2.24, 2.45) is 7.05 Å². The number of ether oxygens (including phenoxy) is 1. The van der Waals surface area contributed by atoms with Crippen LogP contribution in [-0.4, -0.2) is 22.1 Å². The van der Waals surface area contributed by atoms with Crippen LogP contribution < -0.4 is 10.1 Å². The average molecular weight is 243 g/mol. The van der Waals surface area contributed by atoms with Gasteiger partial charge < -0.3 is 10.1 Å². The summed E-state index contributed by atoms with van der Waals surface area (Å²) in [5.74, 6) is 0.637. The van der Waals surface area contributed by atoms with Crippen LogP contribution in [0.3, 0.4) is 0 Å². The van der Waals surface area contributed by atoms with Crippen LogP contribution in [0, 0.1) is 11.3 Å². The molecule has 0 spiro atoms. The quantitative estimate of drug-likeness (QED) is 0.876. The second-order valence-corrected chi connectivity index (χ2v) is 3.76. The van der Waals surface area contributed by atoms with Crippen molar-refractivity contribution in [2.45, 2.75) is 6.54 Å². The molecule has 0 saturated heterocycles. The van der Waals surface area contributed by atoms with Crippen molar-refractivity contribution in [3.63, 3.8) is 0 Å². The van der Waals surface area contributed by atoms with E-state index in [1.807, 2.05) is 19.3 Å². The van der Waals surface area contributed by atoms with E-state index in [-0.39, 0.29) is 0 Å². The van der Waals surface area contributed by atoms with E-state index in [4.69, 9.17) is 10.00 Å². The normalized spacial score (nSPS) is 9.83. The molecule has 0 atom stereocenters. The number of nitriles is 1. The minimum Gasteiger partial charge on any atom is -0.495 e. The summed E-state index contributed by atoms with van der Waals surface area (Å²) >= 11 is 0. The molecule has 0 aliphatic rings. The Morgan fingerprint density at radius 2 is 2.33 bits per heavy atom. The molecule has 0 saturated carbocycles. The Bertz CT molecular complexity index is 584. The minimum absolute atomic E-state index is 0.552. The van der Waals surface area contributed by atoms with Gasteiger partial charge in [-0.15, -0.1) is 5.10 Å². The highest BCUT2D eigenvalue weighted by Gasteiger charge is 2.05. The van der Waals surface area contributed by atoms with E-state index in [2.05, 4.69) is 21.7 Å². The molecule has 0 aliphatic heterocycles. The number of rotatable bonds is 4. The predicted molar refractivity (Wildman–Crippen MR) is 66.0 cm³/mol. The molecule has 1 heterocycles. The van der Waals surface area contributed by atoms with Gasteiger partial charge in [0.05, 0.1) is 31.0 Å². The molecular formula is C12H13N5O. The summed E-state index contributed by atoms with van der Waals surface area (Å²) in [5, 5.41) is 19.8. The molecule has 0 amide bonds. The van der Waals surface area contributed by atoms with Crippen molar-refractivity contribution in [2.75, 3.05) is 12.4 Å². The van der Waals surface area contributed by atoms with Crippen molar-refractivity contribution >= 4 is 5.69 Å². The first-order valence-electron chi connectivity index (χ1n) is 5.40. The monoisotopic (exact) mass is 243 g/mol. The molecule has 0 aliphatic carbocycles. The van der Waals surface area contributed by atoms with E-state index in [1.54, 1.807) is 23.9 Å². The third-order valence-corrected chi connectivity index (χ3v) is 2.44. The van der Waals surface area contributed by atoms with Crippen LogP contribution >= 0.6 is 0 Å². The van der Waals surface area contributed by atoms with Gasteiger partial charge in [-0.2, -0.15) is 5.26 Å². The summed E-state index contributed by atoms with van der Waals surface area (Å²) in [5.41, 5.74) is 2.22. The van der Waals surface area contributed by atoms with Gasteiger partial charge in [0.2, 0.25) is 0 Å². The summed E-state index contributed by atoms with van der Waals surface area (Å²) in [7, 11) is 3.39. The van der Waals surface area contributed by atoms with Crippen molar-refractivity contribution in [3.8, 4) is 11.8 Å². The van der Waals surface area contributed by atoms with E-state index in [0.29, 0.717) is 17.9 Å². The fraction of sp³-hybridized carbons (Fsp3) is 0.250. The zero-order chi connectivity index (χ0) is 13.0. The summed E-state index contributed by atoms with van der Waals surface area (Å²) in [6.07, 6.45) is 1.84. The summed E-state index contributed by atoms with van der Waals surface area (Å²) < 4.78 is 6.87. The Kier molecular flexibility index (Phi) is 3.44. The molecule has 92 valence electrons. The second kappa shape index (κ2) is 5.19. The molecule has 1 N–H and O–H groups in total. The molecular weight excluding hydrogens is 230 g/mol. The predicted octanol–water partition coefficient (Wildman–Crippen LogP) is 1.31. The molecule has 1 aromatic heterocycles. The van der Waals surface area contributed by atoms with Crippen LogP contribution in [0.1, 0.15) is 11.3 Å². The second-order valence-electron chi connectivity index (χ2n) is 3.76. The Labute approximate surface area is 105 Å². The maximum absolute atomic E-state index is 8.81. The van der Waals surface area contributed by atoms with E-state index >= 15 is 0 Å². The lowest BCUT2D eigenvalue weighted by Gasteiger charge is -2.09. The largest absolute Gasteiger partial charge is 0.495 e. The molecule has 0 unspecified atom stereocenters. The molecule has 1 aromatic carbocycles. The van der Waals surface area contributed by atoms with Gasteiger partial charge in [0, 0.05) is 19.3 Å². The van der Waals surface area contributed by atoms with Gasteiger partial charge in [0.15, 0.2) is 0 Å². The van der Waals surface area contributed by atoms with E-state index in [0.717, 1.165) is 11.4 Å². The maximum atomic E-state index is 8.81. The number of benzene rings is 1. The molecule has 6 nitrogen and oxygen atoms in total. The van der Waals surface area contributed by atoms with Gasteiger partial charge >= 0.3 is 0 Å². The van der Waals surface area contributed by atoms with Gasteiger partial charge in [-0.05, 0) is 12.1 Å². The third-order valence-electron chi connectivity index (χ3n) is 2.44. The lowest BCUT2D eigenvalue weighted by molar-refractivity contribution is 0.416. The SMILES string of the molecule is COc1cc(C#N)ccc1NCc1cn(C)nn1. The van der Waals surface area contributed by atoms with Crippen LogP contribution in [0.2, 0.25) is 0 Å². The Morgan fingerprint density at radius 1 is 1.50 bits per heavy atom. The number of nitrogens with zero attached hydrogens (tertiary/aromatic N) is 4. The zero-order valence-electron chi connectivity index (χ0n) is 10.2. The van der Waals surface area contributed by atoms with Crippen molar-refractivity contribution in [3.05, 3.63) is 35.7 Å². The fourth-order valence-corrected chi connectivity index (χ4v) is 1.57. The third kappa shape index (κ3) is 2.58. The Morgan fingerprint density at radius 3 is 2.94 bits per heavy atom. The zero-order valence-corrected chi connectivity index (χ0v) is 10.2. The molecule has 0 bridgehead atoms. The maximum Gasteiger partial charge on any atom is 0.143 e. The van der Waals surface area contributed by atoms with E-state index in [9.17, 15) is 0 Å². The van der Waals surface area contributed by atoms with Crippen molar-refractivity contribution < 1.29 is 4.74 Å². The molecule has 18 heavy (non-hydrogen) atoms. The van der Waals surface area contributed by atoms with Gasteiger partial charge in [0.1, 0.15) is 11.4 Å². The number of aryl methyl sites for hydroxylation is 1. The van der Waals surface area contributed by atoms with Gasteiger partial charge in [-0.1, -0.05) is 5.21 Å². The van der Waals surface area contributed by atoms with Crippen molar-refractivity contribution in [1.29, 1.82) is 5.26 Å². The number of aromatic nitrogens is 3. The van der Waals surface area contributed by atoms with Gasteiger partial charge in [0.25, 0.3) is 0 Å². The first kappa shape index (κ1) is 11.9. The molecule has 0 radical (unpaired) electrons. The molecule has 0 fully saturated rings. The number of hydrogen-bond acceptors (Lipinski definition) is 5. The van der Waals surface area contributed by atoms with Crippen LogP contribution in [0.5, 0.6) is 5.75 Å². The van der Waals surface area contributed by atoms with Gasteiger partial charge in [-0.25, -0.2) is 0 Å². The molecule has 2 aromatic rings. The lowest BCUT2D eigenvalue weighted by atomic mass is 10.2. The van der Waals surface area contributed by atoms with Crippen LogP contribution in [0.15, 0.2) is 24.4 Å². The molecule has 2 rings (SSSR count). The fourth-order valence-electron chi connectivity index (χ4n) is 1.57. The van der Waals surface area contributed by atoms with Crippen LogP contribution in [0.25, 0.3) is 0 Å². The van der Waals surface area contributed by atoms with Gasteiger partial charge in [-0.3, -0.25) is 4.68 Å². The molecule has 6 heteroatoms. The van der Waals surface area contributed by atoms with E-state index in [1.165, 1.54) is 0 Å². The Balaban J connectivity index is 2.12. The first-order chi connectivity index (χ1) is 8.72. The number of methoxy groups -OCH3 is 1. The lowest BCUT2D eigenvalue weighted by Crippen LogP contribution is -2.02. The van der Waals surface area contributed by atoms with Crippen LogP contribution in [0.4, 0.5) is 5.69 Å². The minimum atomic E-state index is 0.552. The average Bonchev–Trinajstić information content (AvgIpc) is 2.82. The smallest absolute Gasteiger partial charge is 0.143 e. The highest BCUT2D eigenvalue weighted by Crippen LogP contribution is 2.25. The number of anilines is 1. The van der Waals surface area contributed by atoms with Crippen molar-refractivity contribution in [1.82, 2.24) is 15.0 Å². The summed E-state index contributed by atoms with van der Waals surface area (Å²) in [6.45, 7) is 0.552. The van der Waals surface area contributed by atoms with Crippen LogP contribution in [-0.2, 0) is 13.6 Å². The standard InChI is InChI=1S/C12H13N5O/c1-17-8-10(15-16-17)7-14-11-4-3-9(6-13)5-12(11)18-2/h3-5,8,14H,7H2,1-2H3. The number of hydrogen-bond donors (Lipinski definition) is 1. The summed E-state index contributed by atoms with van der Waals surface area (Å²) in [6, 6.07) is 7.32. The van der Waals surface area contributed by atoms with E-state index < -0.39 is 0 Å². The Hall–Kier alpha value is -2.55. The topological polar surface area (TPSA) is 75.8 Å². The number of nitrogens with one attached hydrogen (secondary N) is 1. The highest BCUT2D eigenvalue weighted by molar-refractivity contribution is 5.59. The summed E-state index contributed by atoms with van der Waals surface area (Å²) in [4.78, 5) is 0. The first-order valence-corrected chi connectivity index (χ1v) is 5.40. The highest BCUT2D eigenvalue weighted by atomic mass is 16.5.